The fourth-order valence-electron chi connectivity index (χ4n) is 2.91. The van der Waals surface area contributed by atoms with Gasteiger partial charge in [-0.2, -0.15) is 0 Å². The van der Waals surface area contributed by atoms with Gasteiger partial charge in [-0.25, -0.2) is 4.99 Å². The predicted molar refractivity (Wildman–Crippen MR) is 101 cm³/mol. The summed E-state index contributed by atoms with van der Waals surface area (Å²) >= 11 is 3.11. The Balaban J connectivity index is 1.74. The van der Waals surface area contributed by atoms with E-state index in [2.05, 4.69) is 41.9 Å². The summed E-state index contributed by atoms with van der Waals surface area (Å²) in [5, 5.41) is 2.02. The lowest BCUT2D eigenvalue weighted by atomic mass is 10.1. The highest BCUT2D eigenvalue weighted by atomic mass is 32.1. The SMILES string of the molecule is Cc1cc(C)cc(N2CN=c3sc(=Cc4cccs4)c(=O)n3C2)c1. The van der Waals surface area contributed by atoms with E-state index >= 15 is 0 Å². The van der Waals surface area contributed by atoms with E-state index in [0.29, 0.717) is 13.3 Å². The monoisotopic (exact) mass is 355 g/mol. The number of thiazole rings is 1. The summed E-state index contributed by atoms with van der Waals surface area (Å²) in [6.45, 7) is 5.32. The molecule has 4 rings (SSSR count). The zero-order valence-electron chi connectivity index (χ0n) is 13.5. The molecule has 0 unspecified atom stereocenters. The Labute approximate surface area is 147 Å². The number of fused-ring (bicyclic) bond motifs is 1. The molecule has 3 heterocycles. The highest BCUT2D eigenvalue weighted by Crippen LogP contribution is 2.19. The number of thiophene rings is 1. The average molecular weight is 355 g/mol. The van der Waals surface area contributed by atoms with Gasteiger partial charge in [0.05, 0.1) is 4.53 Å². The molecule has 24 heavy (non-hydrogen) atoms. The molecule has 0 atom stereocenters. The maximum absolute atomic E-state index is 12.7. The summed E-state index contributed by atoms with van der Waals surface area (Å²) in [6, 6.07) is 10.5. The standard InChI is InChI=1S/C18H17N3OS2/c1-12-6-13(2)8-14(7-12)20-10-19-18-21(11-20)17(22)16(24-18)9-15-4-3-5-23-15/h3-9H,10-11H2,1-2H3. The van der Waals surface area contributed by atoms with Crippen LogP contribution in [-0.2, 0) is 6.67 Å². The Morgan fingerprint density at radius 2 is 2.00 bits per heavy atom. The van der Waals surface area contributed by atoms with Gasteiger partial charge in [0, 0.05) is 10.6 Å². The van der Waals surface area contributed by atoms with E-state index in [1.54, 1.807) is 15.9 Å². The van der Waals surface area contributed by atoms with Crippen molar-refractivity contribution in [2.45, 2.75) is 20.5 Å². The zero-order valence-corrected chi connectivity index (χ0v) is 15.2. The van der Waals surface area contributed by atoms with Crippen LogP contribution in [0.15, 0.2) is 45.5 Å². The second-order valence-corrected chi connectivity index (χ2v) is 7.96. The minimum atomic E-state index is 0.0428. The number of aryl methyl sites for hydroxylation is 2. The fraction of sp³-hybridized carbons (Fsp3) is 0.222. The molecule has 0 saturated carbocycles. The van der Waals surface area contributed by atoms with Crippen molar-refractivity contribution in [2.75, 3.05) is 11.6 Å². The van der Waals surface area contributed by atoms with Crippen molar-refractivity contribution in [3.05, 3.63) is 71.4 Å². The Kier molecular flexibility index (Phi) is 3.86. The molecule has 0 spiro atoms. The van der Waals surface area contributed by atoms with E-state index in [9.17, 15) is 4.79 Å². The Morgan fingerprint density at radius 1 is 1.21 bits per heavy atom. The van der Waals surface area contributed by atoms with Gasteiger partial charge in [-0.1, -0.05) is 23.5 Å². The first kappa shape index (κ1) is 15.4. The third-order valence-corrected chi connectivity index (χ3v) is 5.83. The third kappa shape index (κ3) is 2.83. The molecule has 0 amide bonds. The van der Waals surface area contributed by atoms with Crippen LogP contribution in [0.1, 0.15) is 16.0 Å². The minimum Gasteiger partial charge on any atom is -0.334 e. The van der Waals surface area contributed by atoms with Gasteiger partial charge >= 0.3 is 0 Å². The lowest BCUT2D eigenvalue weighted by Gasteiger charge is -2.26. The van der Waals surface area contributed by atoms with Crippen LogP contribution >= 0.6 is 22.7 Å². The van der Waals surface area contributed by atoms with Crippen LogP contribution in [0.5, 0.6) is 0 Å². The maximum Gasteiger partial charge on any atom is 0.271 e. The van der Waals surface area contributed by atoms with Gasteiger partial charge in [-0.15, -0.1) is 11.3 Å². The number of nitrogens with zero attached hydrogens (tertiary/aromatic N) is 3. The third-order valence-electron chi connectivity index (χ3n) is 3.97. The fourth-order valence-corrected chi connectivity index (χ4v) is 4.60. The molecule has 1 aliphatic rings. The van der Waals surface area contributed by atoms with Gasteiger partial charge < -0.3 is 4.90 Å². The maximum atomic E-state index is 12.7. The molecule has 0 fully saturated rings. The van der Waals surface area contributed by atoms with Crippen LogP contribution < -0.4 is 19.8 Å². The number of aromatic nitrogens is 1. The van der Waals surface area contributed by atoms with E-state index in [1.165, 1.54) is 22.5 Å². The van der Waals surface area contributed by atoms with Crippen molar-refractivity contribution < 1.29 is 0 Å². The highest BCUT2D eigenvalue weighted by molar-refractivity contribution is 7.11. The number of benzene rings is 1. The van der Waals surface area contributed by atoms with Crippen LogP contribution in [0.2, 0.25) is 0 Å². The summed E-state index contributed by atoms with van der Waals surface area (Å²) < 4.78 is 2.52. The molecule has 0 N–H and O–H groups in total. The molecule has 122 valence electrons. The predicted octanol–water partition coefficient (Wildman–Crippen LogP) is 2.47. The quantitative estimate of drug-likeness (QED) is 0.708. The van der Waals surface area contributed by atoms with E-state index in [1.807, 2.05) is 23.6 Å². The van der Waals surface area contributed by atoms with Gasteiger partial charge in [0.2, 0.25) is 0 Å². The van der Waals surface area contributed by atoms with Crippen LogP contribution in [0.4, 0.5) is 5.69 Å². The Bertz CT molecular complexity index is 1040. The van der Waals surface area contributed by atoms with Crippen molar-refractivity contribution in [2.24, 2.45) is 4.99 Å². The summed E-state index contributed by atoms with van der Waals surface area (Å²) in [7, 11) is 0. The van der Waals surface area contributed by atoms with E-state index < -0.39 is 0 Å². The first-order chi connectivity index (χ1) is 11.6. The second-order valence-electron chi connectivity index (χ2n) is 5.97. The summed E-state index contributed by atoms with van der Waals surface area (Å²) in [4.78, 5) is 21.4. The largest absolute Gasteiger partial charge is 0.334 e. The van der Waals surface area contributed by atoms with Crippen molar-refractivity contribution >= 4 is 34.4 Å². The molecule has 0 aliphatic carbocycles. The van der Waals surface area contributed by atoms with Gasteiger partial charge in [-0.05, 0) is 54.6 Å². The minimum absolute atomic E-state index is 0.0428. The number of rotatable bonds is 2. The topological polar surface area (TPSA) is 37.6 Å². The molecule has 0 bridgehead atoms. The molecular formula is C18H17N3OS2. The lowest BCUT2D eigenvalue weighted by Crippen LogP contribution is -2.42. The summed E-state index contributed by atoms with van der Waals surface area (Å²) in [5.74, 6) is 0. The van der Waals surface area contributed by atoms with Crippen molar-refractivity contribution in [1.82, 2.24) is 4.57 Å². The van der Waals surface area contributed by atoms with Crippen molar-refractivity contribution in [3.8, 4) is 0 Å². The van der Waals surface area contributed by atoms with Gasteiger partial charge in [0.15, 0.2) is 4.80 Å². The Morgan fingerprint density at radius 3 is 2.71 bits per heavy atom. The van der Waals surface area contributed by atoms with Gasteiger partial charge in [0.1, 0.15) is 13.3 Å². The number of anilines is 1. The number of hydrogen-bond donors (Lipinski definition) is 0. The smallest absolute Gasteiger partial charge is 0.271 e. The molecule has 6 heteroatoms. The molecule has 0 radical (unpaired) electrons. The normalized spacial score (nSPS) is 14.6. The van der Waals surface area contributed by atoms with Crippen LogP contribution in [0.3, 0.4) is 0 Å². The molecule has 3 aromatic rings. The van der Waals surface area contributed by atoms with E-state index in [4.69, 9.17) is 0 Å². The van der Waals surface area contributed by atoms with E-state index in [0.717, 1.165) is 19.9 Å². The average Bonchev–Trinajstić information content (AvgIpc) is 3.16. The molecule has 2 aromatic heterocycles. The molecule has 1 aromatic carbocycles. The molecule has 0 saturated heterocycles. The van der Waals surface area contributed by atoms with Crippen molar-refractivity contribution in [1.29, 1.82) is 0 Å². The van der Waals surface area contributed by atoms with Crippen LogP contribution in [0, 0.1) is 13.8 Å². The molecule has 1 aliphatic heterocycles. The number of hydrogen-bond acceptors (Lipinski definition) is 5. The van der Waals surface area contributed by atoms with Crippen molar-refractivity contribution in [3.63, 3.8) is 0 Å². The highest BCUT2D eigenvalue weighted by Gasteiger charge is 2.16. The van der Waals surface area contributed by atoms with E-state index in [-0.39, 0.29) is 5.56 Å². The zero-order chi connectivity index (χ0) is 16.7. The van der Waals surface area contributed by atoms with Crippen LogP contribution in [0.25, 0.3) is 6.08 Å². The van der Waals surface area contributed by atoms with Crippen LogP contribution in [-0.4, -0.2) is 11.2 Å². The molecular weight excluding hydrogens is 338 g/mol. The summed E-state index contributed by atoms with van der Waals surface area (Å²) in [5.41, 5.74) is 3.60. The van der Waals surface area contributed by atoms with Gasteiger partial charge in [-0.3, -0.25) is 9.36 Å². The summed E-state index contributed by atoms with van der Waals surface area (Å²) in [6.07, 6.45) is 1.96. The first-order valence-electron chi connectivity index (χ1n) is 7.73. The second kappa shape index (κ2) is 6.03. The van der Waals surface area contributed by atoms with Gasteiger partial charge in [0.25, 0.3) is 5.56 Å². The Hall–Kier alpha value is -2.18. The molecule has 4 nitrogen and oxygen atoms in total. The first-order valence-corrected chi connectivity index (χ1v) is 9.42. The lowest BCUT2D eigenvalue weighted by molar-refractivity contribution is 0.569.